The van der Waals surface area contributed by atoms with Crippen LogP contribution in [0.2, 0.25) is 0 Å². The number of furan rings is 1. The second kappa shape index (κ2) is 8.33. The fraction of sp³-hybridized carbons (Fsp3) is 0.333. The lowest BCUT2D eigenvalue weighted by Gasteiger charge is -2.29. The van der Waals surface area contributed by atoms with Crippen molar-refractivity contribution >= 4 is 16.7 Å². The molecule has 3 aromatic rings. The monoisotopic (exact) mass is 365 g/mol. The number of hydrogen-bond donors (Lipinski definition) is 0. The number of ether oxygens (including phenoxy) is 1. The first kappa shape index (κ1) is 17.7. The highest BCUT2D eigenvalue weighted by molar-refractivity contribution is 6.05. The van der Waals surface area contributed by atoms with Crippen molar-refractivity contribution in [2.75, 3.05) is 39.4 Å². The van der Waals surface area contributed by atoms with Crippen LogP contribution < -0.4 is 0 Å². The fourth-order valence-corrected chi connectivity index (χ4v) is 3.37. The first-order chi connectivity index (χ1) is 13.3. The van der Waals surface area contributed by atoms with E-state index in [1.165, 1.54) is 0 Å². The van der Waals surface area contributed by atoms with Crippen LogP contribution in [0.4, 0.5) is 0 Å². The number of rotatable bonds is 6. The molecular weight excluding hydrogens is 342 g/mol. The highest BCUT2D eigenvalue weighted by Crippen LogP contribution is 2.19. The van der Waals surface area contributed by atoms with E-state index >= 15 is 0 Å². The molecule has 1 aromatic carbocycles. The number of pyridine rings is 1. The molecule has 3 heterocycles. The molecule has 0 aliphatic carbocycles. The Morgan fingerprint density at radius 1 is 1.11 bits per heavy atom. The second-order valence-electron chi connectivity index (χ2n) is 6.64. The van der Waals surface area contributed by atoms with Crippen molar-refractivity contribution in [1.29, 1.82) is 0 Å². The van der Waals surface area contributed by atoms with Gasteiger partial charge in [0.15, 0.2) is 0 Å². The smallest absolute Gasteiger partial charge is 0.273 e. The Morgan fingerprint density at radius 3 is 2.78 bits per heavy atom. The van der Waals surface area contributed by atoms with Gasteiger partial charge in [-0.2, -0.15) is 0 Å². The predicted octanol–water partition coefficient (Wildman–Crippen LogP) is 2.80. The van der Waals surface area contributed by atoms with E-state index in [1.54, 1.807) is 12.5 Å². The first-order valence-corrected chi connectivity index (χ1v) is 9.27. The van der Waals surface area contributed by atoms with E-state index in [9.17, 15) is 4.79 Å². The number of carbonyl (C=O) groups excluding carboxylic acids is 1. The number of aromatic nitrogens is 1. The zero-order valence-electron chi connectivity index (χ0n) is 15.2. The Hall–Kier alpha value is -2.70. The van der Waals surface area contributed by atoms with Crippen molar-refractivity contribution in [3.63, 3.8) is 0 Å². The molecule has 1 aliphatic rings. The molecule has 0 radical (unpaired) electrons. The molecule has 0 N–H and O–H groups in total. The second-order valence-corrected chi connectivity index (χ2v) is 6.64. The molecule has 6 nitrogen and oxygen atoms in total. The maximum atomic E-state index is 13.3. The van der Waals surface area contributed by atoms with Crippen molar-refractivity contribution in [3.8, 4) is 0 Å². The minimum Gasteiger partial charge on any atom is -0.467 e. The minimum atomic E-state index is -0.0727. The lowest BCUT2D eigenvalue weighted by molar-refractivity contribution is 0.0316. The molecule has 1 saturated heterocycles. The van der Waals surface area contributed by atoms with E-state index in [4.69, 9.17) is 9.15 Å². The molecule has 1 fully saturated rings. The van der Waals surface area contributed by atoms with Crippen LogP contribution in [-0.2, 0) is 11.3 Å². The predicted molar refractivity (Wildman–Crippen MR) is 102 cm³/mol. The Bertz CT molecular complexity index is 883. The van der Waals surface area contributed by atoms with Crippen LogP contribution in [0.3, 0.4) is 0 Å². The van der Waals surface area contributed by atoms with E-state index in [2.05, 4.69) is 9.88 Å². The third kappa shape index (κ3) is 4.18. The Labute approximate surface area is 158 Å². The summed E-state index contributed by atoms with van der Waals surface area (Å²) in [4.78, 5) is 21.9. The van der Waals surface area contributed by atoms with Crippen LogP contribution >= 0.6 is 0 Å². The number of amides is 1. The van der Waals surface area contributed by atoms with Gasteiger partial charge in [-0.3, -0.25) is 14.7 Å². The van der Waals surface area contributed by atoms with Crippen molar-refractivity contribution < 1.29 is 13.9 Å². The summed E-state index contributed by atoms with van der Waals surface area (Å²) in [6.45, 7) is 5.14. The van der Waals surface area contributed by atoms with E-state index in [0.717, 1.165) is 49.4 Å². The van der Waals surface area contributed by atoms with Gasteiger partial charge in [-0.25, -0.2) is 0 Å². The number of fused-ring (bicyclic) bond motifs is 1. The molecule has 6 heteroatoms. The van der Waals surface area contributed by atoms with E-state index < -0.39 is 0 Å². The molecule has 0 unspecified atom stereocenters. The van der Waals surface area contributed by atoms with Crippen LogP contribution in [0.1, 0.15) is 16.2 Å². The zero-order valence-corrected chi connectivity index (χ0v) is 15.2. The third-order valence-electron chi connectivity index (χ3n) is 4.88. The van der Waals surface area contributed by atoms with Crippen LogP contribution in [0, 0.1) is 0 Å². The molecule has 0 bridgehead atoms. The van der Waals surface area contributed by atoms with Crippen LogP contribution in [0.15, 0.2) is 59.3 Å². The standard InChI is InChI=1S/C21H23N3O3/c25-21(20-19-6-2-1-4-17(19)7-8-22-20)24(16-18-5-3-13-27-18)10-9-23-11-14-26-15-12-23/h1-8,13H,9-12,14-16H2. The Kier molecular flexibility index (Phi) is 5.46. The highest BCUT2D eigenvalue weighted by Gasteiger charge is 2.22. The quantitative estimate of drug-likeness (QED) is 0.672. The van der Waals surface area contributed by atoms with Gasteiger partial charge in [-0.1, -0.05) is 24.3 Å². The molecule has 0 atom stereocenters. The average Bonchev–Trinajstić information content (AvgIpc) is 3.24. The fourth-order valence-electron chi connectivity index (χ4n) is 3.37. The molecular formula is C21H23N3O3. The van der Waals surface area contributed by atoms with Gasteiger partial charge in [0.25, 0.3) is 5.91 Å². The van der Waals surface area contributed by atoms with Crippen molar-refractivity contribution in [1.82, 2.24) is 14.8 Å². The van der Waals surface area contributed by atoms with Gasteiger partial charge >= 0.3 is 0 Å². The summed E-state index contributed by atoms with van der Waals surface area (Å²) in [5.74, 6) is 0.696. The summed E-state index contributed by atoms with van der Waals surface area (Å²) >= 11 is 0. The summed E-state index contributed by atoms with van der Waals surface area (Å²) in [5, 5.41) is 1.89. The lowest BCUT2D eigenvalue weighted by Crippen LogP contribution is -2.43. The van der Waals surface area contributed by atoms with Crippen LogP contribution in [-0.4, -0.2) is 60.1 Å². The maximum absolute atomic E-state index is 13.3. The van der Waals surface area contributed by atoms with E-state index in [1.807, 2.05) is 47.4 Å². The van der Waals surface area contributed by atoms with Gasteiger partial charge in [0, 0.05) is 37.8 Å². The van der Waals surface area contributed by atoms with Gasteiger partial charge in [0.1, 0.15) is 11.5 Å². The van der Waals surface area contributed by atoms with E-state index in [0.29, 0.717) is 18.8 Å². The SMILES string of the molecule is O=C(c1nccc2ccccc12)N(CCN1CCOCC1)Cc1ccco1. The maximum Gasteiger partial charge on any atom is 0.273 e. The number of morpholine rings is 1. The van der Waals surface area contributed by atoms with Gasteiger partial charge in [-0.05, 0) is 23.6 Å². The topological polar surface area (TPSA) is 58.8 Å². The Morgan fingerprint density at radius 2 is 1.96 bits per heavy atom. The lowest BCUT2D eigenvalue weighted by atomic mass is 10.1. The molecule has 2 aromatic heterocycles. The molecule has 1 amide bonds. The normalized spacial score (nSPS) is 15.1. The number of benzene rings is 1. The summed E-state index contributed by atoms with van der Waals surface area (Å²) in [7, 11) is 0. The number of nitrogens with zero attached hydrogens (tertiary/aromatic N) is 3. The van der Waals surface area contributed by atoms with Crippen LogP contribution in [0.25, 0.3) is 10.8 Å². The van der Waals surface area contributed by atoms with Gasteiger partial charge in [-0.15, -0.1) is 0 Å². The summed E-state index contributed by atoms with van der Waals surface area (Å²) in [6.07, 6.45) is 3.33. The van der Waals surface area contributed by atoms with E-state index in [-0.39, 0.29) is 5.91 Å². The minimum absolute atomic E-state index is 0.0727. The average molecular weight is 365 g/mol. The molecule has 4 rings (SSSR count). The molecule has 0 spiro atoms. The largest absolute Gasteiger partial charge is 0.467 e. The summed E-state index contributed by atoms with van der Waals surface area (Å²) in [6, 6.07) is 13.5. The summed E-state index contributed by atoms with van der Waals surface area (Å²) < 4.78 is 10.9. The van der Waals surface area contributed by atoms with Gasteiger partial charge in [0.2, 0.25) is 0 Å². The highest BCUT2D eigenvalue weighted by atomic mass is 16.5. The van der Waals surface area contributed by atoms with Crippen LogP contribution in [0.5, 0.6) is 0 Å². The molecule has 27 heavy (non-hydrogen) atoms. The summed E-state index contributed by atoms with van der Waals surface area (Å²) in [5.41, 5.74) is 0.488. The molecule has 1 aliphatic heterocycles. The third-order valence-corrected chi connectivity index (χ3v) is 4.88. The van der Waals surface area contributed by atoms with Gasteiger partial charge in [0.05, 0.1) is 26.0 Å². The van der Waals surface area contributed by atoms with Crippen molar-refractivity contribution in [3.05, 3.63) is 66.4 Å². The van der Waals surface area contributed by atoms with Crippen molar-refractivity contribution in [2.24, 2.45) is 0 Å². The zero-order chi connectivity index (χ0) is 18.5. The molecule has 0 saturated carbocycles. The van der Waals surface area contributed by atoms with Gasteiger partial charge < -0.3 is 14.1 Å². The molecule has 140 valence electrons. The first-order valence-electron chi connectivity index (χ1n) is 9.27. The number of hydrogen-bond acceptors (Lipinski definition) is 5. The Balaban J connectivity index is 1.57. The van der Waals surface area contributed by atoms with Crippen molar-refractivity contribution in [2.45, 2.75) is 6.54 Å². The number of carbonyl (C=O) groups is 1.